The summed E-state index contributed by atoms with van der Waals surface area (Å²) in [5.41, 5.74) is 1.89. The van der Waals surface area contributed by atoms with Gasteiger partial charge in [0.2, 0.25) is 11.8 Å². The summed E-state index contributed by atoms with van der Waals surface area (Å²) in [4.78, 5) is 53.2. The lowest BCUT2D eigenvalue weighted by Gasteiger charge is -2.33. The molecule has 1 aromatic heterocycles. The number of fused-ring (bicyclic) bond motifs is 1. The van der Waals surface area contributed by atoms with Crippen LogP contribution in [0.2, 0.25) is 0 Å². The Bertz CT molecular complexity index is 1410. The van der Waals surface area contributed by atoms with Crippen LogP contribution >= 0.6 is 0 Å². The molecule has 2 aliphatic heterocycles. The predicted molar refractivity (Wildman–Crippen MR) is 134 cm³/mol. The van der Waals surface area contributed by atoms with Crippen molar-refractivity contribution in [2.75, 3.05) is 26.2 Å². The zero-order valence-corrected chi connectivity index (χ0v) is 20.4. The smallest absolute Gasteiger partial charge is 0.287 e. The van der Waals surface area contributed by atoms with E-state index in [1.807, 2.05) is 17.0 Å². The van der Waals surface area contributed by atoms with Crippen LogP contribution in [0.5, 0.6) is 0 Å². The van der Waals surface area contributed by atoms with Crippen molar-refractivity contribution >= 4 is 28.7 Å². The van der Waals surface area contributed by atoms with E-state index in [2.05, 4.69) is 17.4 Å². The van der Waals surface area contributed by atoms with Gasteiger partial charge in [0.05, 0.1) is 11.9 Å². The molecule has 2 aromatic carbocycles. The fourth-order valence-electron chi connectivity index (χ4n) is 5.19. The van der Waals surface area contributed by atoms with Gasteiger partial charge < -0.3 is 19.5 Å². The molecule has 0 radical (unpaired) electrons. The van der Waals surface area contributed by atoms with Crippen molar-refractivity contribution in [2.45, 2.75) is 38.1 Å². The van der Waals surface area contributed by atoms with E-state index in [4.69, 9.17) is 4.42 Å². The Morgan fingerprint density at radius 1 is 1.03 bits per heavy atom. The highest BCUT2D eigenvalue weighted by molar-refractivity contribution is 5.95. The molecule has 37 heavy (non-hydrogen) atoms. The van der Waals surface area contributed by atoms with Gasteiger partial charge in [-0.1, -0.05) is 24.3 Å². The van der Waals surface area contributed by atoms with E-state index < -0.39 is 17.2 Å². The normalized spacial score (nSPS) is 16.4. The number of nitrogens with zero attached hydrogens (tertiary/aromatic N) is 2. The number of amides is 3. The maximum Gasteiger partial charge on any atom is 0.287 e. The molecule has 192 valence electrons. The summed E-state index contributed by atoms with van der Waals surface area (Å²) >= 11 is 0. The van der Waals surface area contributed by atoms with E-state index in [0.29, 0.717) is 32.0 Å². The molecule has 9 heteroatoms. The number of carbonyl (C=O) groups excluding carboxylic acids is 3. The van der Waals surface area contributed by atoms with Gasteiger partial charge >= 0.3 is 0 Å². The molecular weight excluding hydrogens is 477 g/mol. The van der Waals surface area contributed by atoms with Crippen molar-refractivity contribution in [1.82, 2.24) is 15.1 Å². The van der Waals surface area contributed by atoms with E-state index in [0.717, 1.165) is 49.6 Å². The molecule has 3 amide bonds. The minimum absolute atomic E-state index is 0.0274. The first-order chi connectivity index (χ1) is 17.9. The molecule has 1 N–H and O–H groups in total. The second-order valence-corrected chi connectivity index (χ2v) is 9.57. The zero-order valence-electron chi connectivity index (χ0n) is 20.4. The summed E-state index contributed by atoms with van der Waals surface area (Å²) in [5, 5.41) is 2.68. The number of nitrogens with one attached hydrogen (secondary N) is 1. The van der Waals surface area contributed by atoms with E-state index in [1.54, 1.807) is 4.90 Å². The van der Waals surface area contributed by atoms with Crippen LogP contribution in [0.4, 0.5) is 4.39 Å². The summed E-state index contributed by atoms with van der Waals surface area (Å²) < 4.78 is 18.9. The van der Waals surface area contributed by atoms with Crippen LogP contribution < -0.4 is 10.7 Å². The summed E-state index contributed by atoms with van der Waals surface area (Å²) in [5.74, 6) is -1.30. The molecule has 2 saturated heterocycles. The van der Waals surface area contributed by atoms with Crippen LogP contribution in [0.3, 0.4) is 0 Å². The Labute approximate surface area is 213 Å². The molecule has 5 rings (SSSR count). The molecule has 3 aromatic rings. The number of hydrogen-bond acceptors (Lipinski definition) is 5. The van der Waals surface area contributed by atoms with Gasteiger partial charge in [-0.25, -0.2) is 4.39 Å². The lowest BCUT2D eigenvalue weighted by Crippen LogP contribution is -2.44. The van der Waals surface area contributed by atoms with Gasteiger partial charge in [-0.15, -0.1) is 0 Å². The third-order valence-corrected chi connectivity index (χ3v) is 7.19. The van der Waals surface area contributed by atoms with Gasteiger partial charge in [0.25, 0.3) is 5.91 Å². The standard InChI is InChI=1S/C28H28FN3O5/c29-20-7-8-22-23(33)15-25(37-24(22)14-20)28(36)30-16-27(35)31-12-9-18(10-13-31)21-5-2-1-4-19(21)17-32-11-3-6-26(32)34/h1-2,4-5,7-8,14-15,18H,3,6,9-13,16-17H2,(H,30,36). The molecule has 0 aliphatic carbocycles. The van der Waals surface area contributed by atoms with Crippen LogP contribution in [0.25, 0.3) is 11.0 Å². The van der Waals surface area contributed by atoms with Gasteiger partial charge in [0.15, 0.2) is 11.2 Å². The molecule has 0 spiro atoms. The highest BCUT2D eigenvalue weighted by Gasteiger charge is 2.27. The SMILES string of the molecule is O=C(NCC(=O)N1CCC(c2ccccc2CN2CCCC2=O)CC1)c1cc(=O)c2ccc(F)cc2o1. The number of hydrogen-bond donors (Lipinski definition) is 1. The average Bonchev–Trinajstić information content (AvgIpc) is 3.31. The van der Waals surface area contributed by atoms with Crippen molar-refractivity contribution in [3.05, 3.63) is 81.5 Å². The monoisotopic (exact) mass is 505 g/mol. The maximum absolute atomic E-state index is 13.5. The second kappa shape index (κ2) is 10.5. The van der Waals surface area contributed by atoms with Crippen molar-refractivity contribution in [3.63, 3.8) is 0 Å². The first-order valence-electron chi connectivity index (χ1n) is 12.5. The number of piperidine rings is 1. The van der Waals surface area contributed by atoms with Gasteiger partial charge in [-0.3, -0.25) is 19.2 Å². The van der Waals surface area contributed by atoms with E-state index >= 15 is 0 Å². The first-order valence-corrected chi connectivity index (χ1v) is 12.5. The Kier molecular flexibility index (Phi) is 7.03. The number of halogens is 1. The Hall–Kier alpha value is -4.01. The van der Waals surface area contributed by atoms with Crippen molar-refractivity contribution in [2.24, 2.45) is 0 Å². The van der Waals surface area contributed by atoms with Gasteiger partial charge in [-0.2, -0.15) is 0 Å². The lowest BCUT2D eigenvalue weighted by molar-refractivity contribution is -0.131. The summed E-state index contributed by atoms with van der Waals surface area (Å²) in [6.45, 7) is 2.30. The van der Waals surface area contributed by atoms with E-state index in [-0.39, 0.29) is 35.1 Å². The topological polar surface area (TPSA) is 99.9 Å². The van der Waals surface area contributed by atoms with Crippen LogP contribution in [-0.4, -0.2) is 53.7 Å². The van der Waals surface area contributed by atoms with Gasteiger partial charge in [0, 0.05) is 44.7 Å². The van der Waals surface area contributed by atoms with Crippen LogP contribution in [0.1, 0.15) is 53.3 Å². The van der Waals surface area contributed by atoms with E-state index in [9.17, 15) is 23.6 Å². The third kappa shape index (κ3) is 5.40. The highest BCUT2D eigenvalue weighted by atomic mass is 19.1. The minimum atomic E-state index is -0.711. The second-order valence-electron chi connectivity index (χ2n) is 9.57. The summed E-state index contributed by atoms with van der Waals surface area (Å²) in [7, 11) is 0. The largest absolute Gasteiger partial charge is 0.451 e. The summed E-state index contributed by atoms with van der Waals surface area (Å²) in [6, 6.07) is 12.7. The van der Waals surface area contributed by atoms with Gasteiger partial charge in [0.1, 0.15) is 11.4 Å². The zero-order chi connectivity index (χ0) is 25.9. The lowest BCUT2D eigenvalue weighted by atomic mass is 9.86. The highest BCUT2D eigenvalue weighted by Crippen LogP contribution is 2.31. The molecule has 8 nitrogen and oxygen atoms in total. The average molecular weight is 506 g/mol. The number of carbonyl (C=O) groups is 3. The molecule has 0 saturated carbocycles. The van der Waals surface area contributed by atoms with Crippen LogP contribution in [-0.2, 0) is 16.1 Å². The molecule has 3 heterocycles. The molecule has 0 bridgehead atoms. The minimum Gasteiger partial charge on any atom is -0.451 e. The number of rotatable bonds is 6. The number of likely N-dealkylation sites (tertiary alicyclic amines) is 2. The maximum atomic E-state index is 13.5. The predicted octanol–water partition coefficient (Wildman–Crippen LogP) is 3.19. The van der Waals surface area contributed by atoms with Crippen LogP contribution in [0.15, 0.2) is 57.7 Å². The Morgan fingerprint density at radius 3 is 2.57 bits per heavy atom. The molecule has 2 fully saturated rings. The molecular formula is C28H28FN3O5. The Balaban J connectivity index is 1.17. The number of benzene rings is 2. The van der Waals surface area contributed by atoms with Crippen molar-refractivity contribution < 1.29 is 23.2 Å². The molecule has 0 atom stereocenters. The molecule has 2 aliphatic rings. The quantitative estimate of drug-likeness (QED) is 0.555. The van der Waals surface area contributed by atoms with Gasteiger partial charge in [-0.05, 0) is 48.4 Å². The van der Waals surface area contributed by atoms with Crippen LogP contribution in [0, 0.1) is 5.82 Å². The first kappa shape index (κ1) is 24.7. The van der Waals surface area contributed by atoms with E-state index in [1.165, 1.54) is 11.6 Å². The van der Waals surface area contributed by atoms with Crippen molar-refractivity contribution in [3.8, 4) is 0 Å². The fraction of sp³-hybridized carbons (Fsp3) is 0.357. The fourth-order valence-corrected chi connectivity index (χ4v) is 5.19. The third-order valence-electron chi connectivity index (χ3n) is 7.19. The Morgan fingerprint density at radius 2 is 1.81 bits per heavy atom. The molecule has 0 unspecified atom stereocenters. The van der Waals surface area contributed by atoms with Crippen molar-refractivity contribution in [1.29, 1.82) is 0 Å². The summed E-state index contributed by atoms with van der Waals surface area (Å²) in [6.07, 6.45) is 3.10.